The van der Waals surface area contributed by atoms with Crippen LogP contribution in [-0.4, -0.2) is 43.1 Å². The summed E-state index contributed by atoms with van der Waals surface area (Å²) in [5.41, 5.74) is 0. The van der Waals surface area contributed by atoms with Crippen molar-refractivity contribution in [3.8, 4) is 0 Å². The summed E-state index contributed by atoms with van der Waals surface area (Å²) in [5, 5.41) is 0. The molecular weight excluding hydrogens is 372 g/mol. The molecule has 2 rings (SSSR count). The Morgan fingerprint density at radius 3 is 2.45 bits per heavy atom. The van der Waals surface area contributed by atoms with Crippen molar-refractivity contribution in [2.24, 2.45) is 5.92 Å². The summed E-state index contributed by atoms with van der Waals surface area (Å²) in [7, 11) is 1.42. The minimum absolute atomic E-state index is 0.107. The third-order valence-electron chi connectivity index (χ3n) is 5.62. The molecule has 6 heteroatoms. The number of hydrogen-bond donors (Lipinski definition) is 0. The number of hydrogen-bond acceptors (Lipinski definition) is 6. The van der Waals surface area contributed by atoms with Gasteiger partial charge >= 0.3 is 5.97 Å². The van der Waals surface area contributed by atoms with Crippen LogP contribution in [-0.2, 0) is 28.5 Å². The second kappa shape index (κ2) is 11.8. The average Bonchev–Trinajstić information content (AvgIpc) is 3.14. The number of carbonyl (C=O) groups excluding carboxylic acids is 2. The molecule has 0 aromatic rings. The van der Waals surface area contributed by atoms with E-state index in [1.54, 1.807) is 6.08 Å². The molecule has 2 aliphatic rings. The van der Waals surface area contributed by atoms with E-state index < -0.39 is 5.79 Å². The van der Waals surface area contributed by atoms with Crippen LogP contribution in [0.3, 0.4) is 0 Å². The first-order valence-corrected chi connectivity index (χ1v) is 11.1. The van der Waals surface area contributed by atoms with E-state index in [0.29, 0.717) is 12.8 Å². The zero-order valence-electron chi connectivity index (χ0n) is 18.5. The Kier molecular flexibility index (Phi) is 9.80. The zero-order valence-corrected chi connectivity index (χ0v) is 18.5. The van der Waals surface area contributed by atoms with Gasteiger partial charge in [-0.15, -0.1) is 0 Å². The second-order valence-electron chi connectivity index (χ2n) is 8.54. The van der Waals surface area contributed by atoms with Crippen molar-refractivity contribution in [3.05, 3.63) is 12.2 Å². The van der Waals surface area contributed by atoms with Crippen molar-refractivity contribution in [1.82, 2.24) is 0 Å². The van der Waals surface area contributed by atoms with Gasteiger partial charge in [0.1, 0.15) is 6.10 Å². The Hall–Kier alpha value is -1.24. The van der Waals surface area contributed by atoms with Crippen molar-refractivity contribution in [1.29, 1.82) is 0 Å². The Morgan fingerprint density at radius 2 is 1.72 bits per heavy atom. The van der Waals surface area contributed by atoms with Crippen LogP contribution >= 0.6 is 0 Å². The van der Waals surface area contributed by atoms with Gasteiger partial charge in [-0.05, 0) is 39.2 Å². The highest BCUT2D eigenvalue weighted by Gasteiger charge is 2.53. The number of unbranched alkanes of at least 4 members (excludes halogenated alkanes) is 5. The summed E-state index contributed by atoms with van der Waals surface area (Å²) in [5.74, 6) is -0.465. The molecular formula is C23H38O6. The summed E-state index contributed by atoms with van der Waals surface area (Å²) >= 11 is 0. The van der Waals surface area contributed by atoms with Gasteiger partial charge in [-0.1, -0.05) is 45.1 Å². The molecule has 0 aromatic carbocycles. The van der Waals surface area contributed by atoms with Crippen molar-refractivity contribution < 1.29 is 28.5 Å². The van der Waals surface area contributed by atoms with E-state index in [2.05, 4.69) is 11.7 Å². The van der Waals surface area contributed by atoms with E-state index in [1.807, 2.05) is 19.9 Å². The van der Waals surface area contributed by atoms with Gasteiger partial charge in [0.05, 0.1) is 13.2 Å². The fourth-order valence-corrected chi connectivity index (χ4v) is 4.05. The maximum atomic E-state index is 12.1. The molecule has 6 nitrogen and oxygen atoms in total. The molecule has 0 amide bonds. The summed E-state index contributed by atoms with van der Waals surface area (Å²) in [6.45, 7) is 5.94. The SMILES string of the molecule is CCCCCC(=O)C=C[C@H]1O[C@@H]2OC(C)(C)O[C@@H]2[C@@H]1CCCCCCC(=O)OC. The van der Waals surface area contributed by atoms with Crippen LogP contribution in [0, 0.1) is 5.92 Å². The van der Waals surface area contributed by atoms with Crippen LogP contribution in [0.25, 0.3) is 0 Å². The Labute approximate surface area is 175 Å². The van der Waals surface area contributed by atoms with Gasteiger partial charge < -0.3 is 18.9 Å². The molecule has 0 aromatic heterocycles. The molecule has 0 saturated carbocycles. The standard InChI is InChI=1S/C23H38O6/c1-5-6-9-12-17(24)15-16-19-18(13-10-7-8-11-14-20(25)26-4)21-22(27-19)29-23(2,3)28-21/h15-16,18-19,21-22H,5-14H2,1-4H3/t18-,19-,21-,22-/m1/s1. The van der Waals surface area contributed by atoms with E-state index in [0.717, 1.165) is 51.4 Å². The van der Waals surface area contributed by atoms with E-state index in [4.69, 9.17) is 14.2 Å². The number of fused-ring (bicyclic) bond motifs is 1. The van der Waals surface area contributed by atoms with Crippen molar-refractivity contribution in [2.45, 2.75) is 109 Å². The van der Waals surface area contributed by atoms with Crippen LogP contribution < -0.4 is 0 Å². The maximum Gasteiger partial charge on any atom is 0.305 e. The molecule has 2 heterocycles. The number of rotatable bonds is 13. The van der Waals surface area contributed by atoms with Gasteiger partial charge in [0.2, 0.25) is 0 Å². The zero-order chi connectivity index (χ0) is 21.3. The third kappa shape index (κ3) is 7.83. The quantitative estimate of drug-likeness (QED) is 0.249. The number of ether oxygens (including phenoxy) is 4. The average molecular weight is 411 g/mol. The van der Waals surface area contributed by atoms with Crippen LogP contribution in [0.5, 0.6) is 0 Å². The van der Waals surface area contributed by atoms with E-state index in [1.165, 1.54) is 7.11 Å². The first-order valence-electron chi connectivity index (χ1n) is 11.1. The van der Waals surface area contributed by atoms with Gasteiger partial charge in [0.25, 0.3) is 0 Å². The largest absolute Gasteiger partial charge is 0.469 e. The predicted octanol–water partition coefficient (Wildman–Crippen LogP) is 4.70. The molecule has 4 atom stereocenters. The van der Waals surface area contributed by atoms with Crippen molar-refractivity contribution in [3.63, 3.8) is 0 Å². The van der Waals surface area contributed by atoms with Gasteiger partial charge in [-0.2, -0.15) is 0 Å². The van der Waals surface area contributed by atoms with Gasteiger partial charge in [0, 0.05) is 18.8 Å². The normalized spacial score (nSPS) is 28.0. The van der Waals surface area contributed by atoms with Gasteiger partial charge in [0.15, 0.2) is 17.9 Å². The fourth-order valence-electron chi connectivity index (χ4n) is 4.05. The number of allylic oxidation sites excluding steroid dienone is 1. The monoisotopic (exact) mass is 410 g/mol. The second-order valence-corrected chi connectivity index (χ2v) is 8.54. The highest BCUT2D eigenvalue weighted by atomic mass is 16.8. The van der Waals surface area contributed by atoms with Gasteiger partial charge in [-0.3, -0.25) is 9.59 Å². The van der Waals surface area contributed by atoms with Gasteiger partial charge in [-0.25, -0.2) is 0 Å². The van der Waals surface area contributed by atoms with Crippen LogP contribution in [0.15, 0.2) is 12.2 Å². The van der Waals surface area contributed by atoms with E-state index >= 15 is 0 Å². The first kappa shape index (κ1) is 24.0. The molecule has 2 fully saturated rings. The third-order valence-corrected chi connectivity index (χ3v) is 5.62. The van der Waals surface area contributed by atoms with Crippen molar-refractivity contribution >= 4 is 11.8 Å². The summed E-state index contributed by atoms with van der Waals surface area (Å²) in [6, 6.07) is 0. The molecule has 0 N–H and O–H groups in total. The first-order chi connectivity index (χ1) is 13.9. The summed E-state index contributed by atoms with van der Waals surface area (Å²) in [6.07, 6.45) is 12.0. The Bertz CT molecular complexity index is 556. The lowest BCUT2D eigenvalue weighted by molar-refractivity contribution is -0.205. The number of carbonyl (C=O) groups is 2. The molecule has 29 heavy (non-hydrogen) atoms. The molecule has 0 radical (unpaired) electrons. The Balaban J connectivity index is 1.84. The smallest absolute Gasteiger partial charge is 0.305 e. The topological polar surface area (TPSA) is 71.1 Å². The van der Waals surface area contributed by atoms with Crippen LogP contribution in [0.2, 0.25) is 0 Å². The highest BCUT2D eigenvalue weighted by Crippen LogP contribution is 2.43. The van der Waals surface area contributed by atoms with E-state index in [-0.39, 0.29) is 36.2 Å². The molecule has 0 bridgehead atoms. The van der Waals surface area contributed by atoms with Crippen LogP contribution in [0.4, 0.5) is 0 Å². The molecule has 0 aliphatic carbocycles. The lowest BCUT2D eigenvalue weighted by Gasteiger charge is -2.24. The number of ketones is 1. The lowest BCUT2D eigenvalue weighted by Crippen LogP contribution is -2.29. The minimum Gasteiger partial charge on any atom is -0.469 e. The molecule has 166 valence electrons. The molecule has 0 unspecified atom stereocenters. The number of methoxy groups -OCH3 is 1. The predicted molar refractivity (Wildman–Crippen MR) is 110 cm³/mol. The maximum absolute atomic E-state index is 12.1. The lowest BCUT2D eigenvalue weighted by atomic mass is 9.91. The van der Waals surface area contributed by atoms with Crippen molar-refractivity contribution in [2.75, 3.05) is 7.11 Å². The summed E-state index contributed by atoms with van der Waals surface area (Å²) < 4.78 is 22.7. The molecule has 2 saturated heterocycles. The highest BCUT2D eigenvalue weighted by molar-refractivity contribution is 5.89. The molecule has 0 spiro atoms. The van der Waals surface area contributed by atoms with E-state index in [9.17, 15) is 9.59 Å². The fraction of sp³-hybridized carbons (Fsp3) is 0.826. The van der Waals surface area contributed by atoms with Crippen LogP contribution in [0.1, 0.15) is 85.0 Å². The summed E-state index contributed by atoms with van der Waals surface area (Å²) in [4.78, 5) is 23.3. The Morgan fingerprint density at radius 1 is 1.00 bits per heavy atom. The number of esters is 1. The molecule has 2 aliphatic heterocycles. The minimum atomic E-state index is -0.640.